The molecule has 0 aromatic rings. The van der Waals surface area contributed by atoms with E-state index in [2.05, 4.69) is 13.8 Å². The van der Waals surface area contributed by atoms with Gasteiger partial charge in [-0.1, -0.05) is 26.7 Å². The van der Waals surface area contributed by atoms with Crippen LogP contribution >= 0.6 is 0 Å². The summed E-state index contributed by atoms with van der Waals surface area (Å²) < 4.78 is 0. The molecule has 0 radical (unpaired) electrons. The van der Waals surface area contributed by atoms with Gasteiger partial charge in [-0.15, -0.1) is 0 Å². The molecular weight excluding hydrogens is 168 g/mol. The summed E-state index contributed by atoms with van der Waals surface area (Å²) >= 11 is 0. The molecule has 0 aromatic heterocycles. The van der Waals surface area contributed by atoms with Crippen molar-refractivity contribution in [2.45, 2.75) is 65.2 Å². The number of rotatable bonds is 1. The first kappa shape index (κ1) is 9.24. The summed E-state index contributed by atoms with van der Waals surface area (Å²) in [6.45, 7) is 5.07. The monoisotopic (exact) mass is 192 g/mol. The second kappa shape index (κ2) is 2.77. The Balaban J connectivity index is 2.01. The molecule has 0 N–H and O–H groups in total. The third kappa shape index (κ3) is 0.823. The molecule has 3 fully saturated rings. The number of hydrogen-bond donors (Lipinski definition) is 0. The van der Waals surface area contributed by atoms with E-state index in [1.165, 1.54) is 19.3 Å². The van der Waals surface area contributed by atoms with Crippen LogP contribution in [0, 0.1) is 22.7 Å². The van der Waals surface area contributed by atoms with E-state index in [0.717, 1.165) is 22.7 Å². The van der Waals surface area contributed by atoms with E-state index in [0.29, 0.717) is 0 Å². The molecule has 3 saturated carbocycles. The van der Waals surface area contributed by atoms with E-state index in [4.69, 9.17) is 0 Å². The van der Waals surface area contributed by atoms with Gasteiger partial charge in [0.2, 0.25) is 0 Å². The fraction of sp³-hybridized carbons (Fsp3) is 1.00. The Kier molecular flexibility index (Phi) is 1.83. The van der Waals surface area contributed by atoms with Gasteiger partial charge in [0.15, 0.2) is 0 Å². The van der Waals surface area contributed by atoms with Crippen molar-refractivity contribution in [3.8, 4) is 0 Å². The first-order valence-electron chi connectivity index (χ1n) is 6.73. The van der Waals surface area contributed by atoms with Gasteiger partial charge in [0.25, 0.3) is 0 Å². The van der Waals surface area contributed by atoms with E-state index in [1.807, 2.05) is 0 Å². The highest BCUT2D eigenvalue weighted by Gasteiger charge is 2.63. The Bertz CT molecular complexity index is 236. The minimum Gasteiger partial charge on any atom is -0.0648 e. The average molecular weight is 192 g/mol. The van der Waals surface area contributed by atoms with Gasteiger partial charge in [0.1, 0.15) is 0 Å². The SMILES string of the molecule is CCC1(C)C2CCC(C2)C12CCCC2. The predicted octanol–water partition coefficient (Wildman–Crippen LogP) is 4.39. The maximum atomic E-state index is 2.63. The zero-order valence-corrected chi connectivity index (χ0v) is 9.81. The molecule has 0 amide bonds. The van der Waals surface area contributed by atoms with Crippen LogP contribution in [0.5, 0.6) is 0 Å². The summed E-state index contributed by atoms with van der Waals surface area (Å²) in [4.78, 5) is 0. The summed E-state index contributed by atoms with van der Waals surface area (Å²) in [5.41, 5.74) is 1.54. The molecule has 0 heteroatoms. The van der Waals surface area contributed by atoms with E-state index < -0.39 is 0 Å². The van der Waals surface area contributed by atoms with Crippen LogP contribution in [0.3, 0.4) is 0 Å². The third-order valence-electron chi connectivity index (χ3n) is 6.48. The standard InChI is InChI=1S/C14H24/c1-3-13(2)11-6-7-12(10-11)14(13)8-4-5-9-14/h11-12H,3-10H2,1-2H3. The van der Waals surface area contributed by atoms with Gasteiger partial charge in [-0.25, -0.2) is 0 Å². The van der Waals surface area contributed by atoms with E-state index >= 15 is 0 Å². The molecule has 0 heterocycles. The van der Waals surface area contributed by atoms with Crippen molar-refractivity contribution in [2.75, 3.05) is 0 Å². The van der Waals surface area contributed by atoms with E-state index in [-0.39, 0.29) is 0 Å². The van der Waals surface area contributed by atoms with Crippen LogP contribution in [0.4, 0.5) is 0 Å². The van der Waals surface area contributed by atoms with Gasteiger partial charge in [0, 0.05) is 0 Å². The molecule has 3 rings (SSSR count). The Morgan fingerprint density at radius 3 is 2.36 bits per heavy atom. The van der Waals surface area contributed by atoms with Gasteiger partial charge in [-0.2, -0.15) is 0 Å². The molecule has 0 nitrogen and oxygen atoms in total. The summed E-state index contributed by atoms with van der Waals surface area (Å²) in [6.07, 6.45) is 12.3. The highest BCUT2D eigenvalue weighted by Crippen LogP contribution is 2.72. The zero-order valence-electron chi connectivity index (χ0n) is 9.81. The lowest BCUT2D eigenvalue weighted by Crippen LogP contribution is -2.42. The van der Waals surface area contributed by atoms with Crippen LogP contribution in [-0.4, -0.2) is 0 Å². The first-order chi connectivity index (χ1) is 6.73. The van der Waals surface area contributed by atoms with Crippen molar-refractivity contribution in [3.63, 3.8) is 0 Å². The van der Waals surface area contributed by atoms with Crippen molar-refractivity contribution in [2.24, 2.45) is 22.7 Å². The predicted molar refractivity (Wildman–Crippen MR) is 60.1 cm³/mol. The number of hydrogen-bond acceptors (Lipinski definition) is 0. The molecule has 80 valence electrons. The lowest BCUT2D eigenvalue weighted by molar-refractivity contribution is -0.00980. The van der Waals surface area contributed by atoms with Crippen molar-refractivity contribution < 1.29 is 0 Å². The molecular formula is C14H24. The van der Waals surface area contributed by atoms with Crippen molar-refractivity contribution in [3.05, 3.63) is 0 Å². The molecule has 14 heavy (non-hydrogen) atoms. The summed E-state index contributed by atoms with van der Waals surface area (Å²) in [6, 6.07) is 0. The van der Waals surface area contributed by atoms with Crippen molar-refractivity contribution in [1.29, 1.82) is 0 Å². The van der Waals surface area contributed by atoms with E-state index in [1.54, 1.807) is 32.1 Å². The average Bonchev–Trinajstić information content (AvgIpc) is 2.88. The van der Waals surface area contributed by atoms with Crippen LogP contribution in [0.15, 0.2) is 0 Å². The van der Waals surface area contributed by atoms with Gasteiger partial charge >= 0.3 is 0 Å². The maximum absolute atomic E-state index is 2.63. The molecule has 0 aromatic carbocycles. The van der Waals surface area contributed by atoms with Crippen LogP contribution in [0.2, 0.25) is 0 Å². The fourth-order valence-electron chi connectivity index (χ4n) is 5.56. The second-order valence-electron chi connectivity index (χ2n) is 6.34. The Hall–Kier alpha value is 0. The van der Waals surface area contributed by atoms with E-state index in [9.17, 15) is 0 Å². The van der Waals surface area contributed by atoms with Crippen molar-refractivity contribution >= 4 is 0 Å². The van der Waals surface area contributed by atoms with Gasteiger partial charge in [0.05, 0.1) is 0 Å². The zero-order chi connectivity index (χ0) is 9.81. The topological polar surface area (TPSA) is 0 Å². The molecule has 2 bridgehead atoms. The Morgan fingerprint density at radius 2 is 1.71 bits per heavy atom. The van der Waals surface area contributed by atoms with Gasteiger partial charge in [-0.05, 0) is 61.2 Å². The lowest BCUT2D eigenvalue weighted by Gasteiger charge is -2.50. The molecule has 3 atom stereocenters. The number of fused-ring (bicyclic) bond motifs is 3. The van der Waals surface area contributed by atoms with Crippen molar-refractivity contribution in [1.82, 2.24) is 0 Å². The molecule has 3 aliphatic carbocycles. The van der Waals surface area contributed by atoms with Crippen LogP contribution < -0.4 is 0 Å². The molecule has 3 aliphatic rings. The van der Waals surface area contributed by atoms with Crippen LogP contribution in [-0.2, 0) is 0 Å². The Morgan fingerprint density at radius 1 is 1.07 bits per heavy atom. The third-order valence-corrected chi connectivity index (χ3v) is 6.48. The highest BCUT2D eigenvalue weighted by molar-refractivity contribution is 5.13. The smallest absolute Gasteiger partial charge is 0.0213 e. The molecule has 1 spiro atoms. The molecule has 0 saturated heterocycles. The van der Waals surface area contributed by atoms with Crippen LogP contribution in [0.25, 0.3) is 0 Å². The summed E-state index contributed by atoms with van der Waals surface area (Å²) in [5.74, 6) is 2.22. The molecule has 0 aliphatic heterocycles. The maximum Gasteiger partial charge on any atom is -0.0213 e. The quantitative estimate of drug-likeness (QED) is 0.578. The Labute approximate surface area is 88.5 Å². The van der Waals surface area contributed by atoms with Crippen LogP contribution in [0.1, 0.15) is 65.2 Å². The van der Waals surface area contributed by atoms with Gasteiger partial charge in [-0.3, -0.25) is 0 Å². The molecule has 3 unspecified atom stereocenters. The second-order valence-corrected chi connectivity index (χ2v) is 6.34. The first-order valence-corrected chi connectivity index (χ1v) is 6.73. The highest BCUT2D eigenvalue weighted by atomic mass is 14.7. The largest absolute Gasteiger partial charge is 0.0648 e. The van der Waals surface area contributed by atoms with Gasteiger partial charge < -0.3 is 0 Å². The normalized spacial score (nSPS) is 49.3. The lowest BCUT2D eigenvalue weighted by atomic mass is 9.55. The minimum atomic E-state index is 0.729. The summed E-state index contributed by atoms with van der Waals surface area (Å²) in [7, 11) is 0. The summed E-state index contributed by atoms with van der Waals surface area (Å²) in [5, 5.41) is 0. The fourth-order valence-corrected chi connectivity index (χ4v) is 5.56. The minimum absolute atomic E-state index is 0.729.